The fourth-order valence-electron chi connectivity index (χ4n) is 2.91. The monoisotopic (exact) mass is 375 g/mol. The van der Waals surface area contributed by atoms with Gasteiger partial charge in [-0.3, -0.25) is 9.78 Å². The Kier molecular flexibility index (Phi) is 6.27. The van der Waals surface area contributed by atoms with Gasteiger partial charge in [0.15, 0.2) is 0 Å². The Bertz CT molecular complexity index is 926. The maximum atomic E-state index is 13.1. The Morgan fingerprint density at radius 1 is 1.04 bits per heavy atom. The summed E-state index contributed by atoms with van der Waals surface area (Å²) in [4.78, 5) is 19.2. The highest BCUT2D eigenvalue weighted by Crippen LogP contribution is 2.22. The summed E-state index contributed by atoms with van der Waals surface area (Å²) in [6.07, 6.45) is 1.65. The van der Waals surface area contributed by atoms with Gasteiger partial charge in [-0.2, -0.15) is 0 Å². The number of hydrogen-bond acceptors (Lipinski definition) is 4. The number of rotatable bonds is 7. The Balaban J connectivity index is 1.79. The maximum Gasteiger partial charge on any atom is 0.273 e. The van der Waals surface area contributed by atoms with Crippen molar-refractivity contribution in [3.8, 4) is 5.75 Å². The second-order valence-corrected chi connectivity index (χ2v) is 6.80. The van der Waals surface area contributed by atoms with Crippen LogP contribution in [0.25, 0.3) is 0 Å². The van der Waals surface area contributed by atoms with Crippen molar-refractivity contribution in [1.29, 1.82) is 0 Å². The molecular weight excluding hydrogens is 350 g/mol. The van der Waals surface area contributed by atoms with Crippen LogP contribution >= 0.6 is 0 Å². The van der Waals surface area contributed by atoms with E-state index in [1.54, 1.807) is 19.4 Å². The number of benzene rings is 2. The number of nitrogens with zero attached hydrogens (tertiary/aromatic N) is 2. The third-order valence-corrected chi connectivity index (χ3v) is 4.42. The molecule has 0 saturated carbocycles. The molecule has 0 spiro atoms. The van der Waals surface area contributed by atoms with Crippen LogP contribution in [0.15, 0.2) is 72.9 Å². The predicted octanol–water partition coefficient (Wildman–Crippen LogP) is 4.88. The van der Waals surface area contributed by atoms with Crippen LogP contribution in [-0.2, 0) is 6.54 Å². The van der Waals surface area contributed by atoms with Gasteiger partial charge in [0.1, 0.15) is 11.4 Å². The van der Waals surface area contributed by atoms with Gasteiger partial charge in [-0.05, 0) is 43.7 Å². The Morgan fingerprint density at radius 2 is 1.79 bits per heavy atom. The Labute approximate surface area is 166 Å². The van der Waals surface area contributed by atoms with Crippen LogP contribution in [0.2, 0.25) is 0 Å². The first-order valence-corrected chi connectivity index (χ1v) is 9.29. The van der Waals surface area contributed by atoms with E-state index >= 15 is 0 Å². The van der Waals surface area contributed by atoms with Crippen LogP contribution < -0.4 is 10.1 Å². The van der Waals surface area contributed by atoms with Gasteiger partial charge in [0.2, 0.25) is 0 Å². The molecule has 1 amide bonds. The molecule has 1 aromatic heterocycles. The molecular formula is C23H25N3O2. The van der Waals surface area contributed by atoms with Crippen LogP contribution in [0.4, 0.5) is 11.4 Å². The number of hydrogen-bond donors (Lipinski definition) is 1. The number of pyridine rings is 1. The lowest BCUT2D eigenvalue weighted by Crippen LogP contribution is -2.36. The van der Waals surface area contributed by atoms with Crippen molar-refractivity contribution in [3.05, 3.63) is 84.2 Å². The largest absolute Gasteiger partial charge is 0.497 e. The van der Waals surface area contributed by atoms with Crippen molar-refractivity contribution >= 4 is 17.3 Å². The number of methoxy groups -OCH3 is 1. The fourth-order valence-corrected chi connectivity index (χ4v) is 2.91. The van der Waals surface area contributed by atoms with Crippen molar-refractivity contribution < 1.29 is 9.53 Å². The zero-order valence-corrected chi connectivity index (χ0v) is 16.4. The molecule has 0 saturated heterocycles. The van der Waals surface area contributed by atoms with Gasteiger partial charge in [0.05, 0.1) is 7.11 Å². The lowest BCUT2D eigenvalue weighted by Gasteiger charge is -2.26. The number of amides is 1. The molecule has 1 heterocycles. The lowest BCUT2D eigenvalue weighted by atomic mass is 10.1. The molecule has 5 heteroatoms. The van der Waals surface area contributed by atoms with Gasteiger partial charge < -0.3 is 15.0 Å². The summed E-state index contributed by atoms with van der Waals surface area (Å²) in [6, 6.07) is 21.3. The third-order valence-electron chi connectivity index (χ3n) is 4.42. The second-order valence-electron chi connectivity index (χ2n) is 6.80. The first-order chi connectivity index (χ1) is 13.6. The molecule has 2 aromatic carbocycles. The summed E-state index contributed by atoms with van der Waals surface area (Å²) >= 11 is 0. The van der Waals surface area contributed by atoms with E-state index in [1.165, 1.54) is 0 Å². The molecule has 0 aliphatic heterocycles. The van der Waals surface area contributed by atoms with E-state index in [1.807, 2.05) is 79.4 Å². The highest BCUT2D eigenvalue weighted by molar-refractivity contribution is 5.93. The van der Waals surface area contributed by atoms with E-state index < -0.39 is 0 Å². The highest BCUT2D eigenvalue weighted by atomic mass is 16.5. The van der Waals surface area contributed by atoms with Gasteiger partial charge in [-0.15, -0.1) is 0 Å². The topological polar surface area (TPSA) is 54.5 Å². The van der Waals surface area contributed by atoms with Gasteiger partial charge in [-0.1, -0.05) is 36.4 Å². The van der Waals surface area contributed by atoms with Crippen molar-refractivity contribution in [1.82, 2.24) is 9.88 Å². The molecule has 0 aliphatic rings. The van der Waals surface area contributed by atoms with E-state index in [-0.39, 0.29) is 11.9 Å². The predicted molar refractivity (Wildman–Crippen MR) is 112 cm³/mol. The molecule has 1 N–H and O–H groups in total. The van der Waals surface area contributed by atoms with Crippen LogP contribution in [0.3, 0.4) is 0 Å². The van der Waals surface area contributed by atoms with Crippen molar-refractivity contribution in [2.75, 3.05) is 12.4 Å². The normalized spacial score (nSPS) is 10.6. The molecule has 5 nitrogen and oxygen atoms in total. The van der Waals surface area contributed by atoms with Crippen LogP contribution in [0.1, 0.15) is 29.9 Å². The minimum Gasteiger partial charge on any atom is -0.497 e. The summed E-state index contributed by atoms with van der Waals surface area (Å²) < 4.78 is 5.26. The minimum absolute atomic E-state index is 0.0597. The zero-order valence-electron chi connectivity index (χ0n) is 16.4. The number of anilines is 2. The van der Waals surface area contributed by atoms with Crippen molar-refractivity contribution in [2.24, 2.45) is 0 Å². The fraction of sp³-hybridized carbons (Fsp3) is 0.217. The first kappa shape index (κ1) is 19.4. The molecule has 0 atom stereocenters. The molecule has 0 fully saturated rings. The Hall–Kier alpha value is -3.34. The molecule has 144 valence electrons. The smallest absolute Gasteiger partial charge is 0.273 e. The molecule has 0 aliphatic carbocycles. The first-order valence-electron chi connectivity index (χ1n) is 9.29. The van der Waals surface area contributed by atoms with E-state index in [4.69, 9.17) is 4.74 Å². The van der Waals surface area contributed by atoms with E-state index in [0.717, 1.165) is 22.7 Å². The van der Waals surface area contributed by atoms with Crippen molar-refractivity contribution in [2.45, 2.75) is 26.4 Å². The van der Waals surface area contributed by atoms with Gasteiger partial charge in [0.25, 0.3) is 5.91 Å². The summed E-state index contributed by atoms with van der Waals surface area (Å²) in [7, 11) is 1.63. The van der Waals surface area contributed by atoms with E-state index in [9.17, 15) is 4.79 Å². The Morgan fingerprint density at radius 3 is 2.50 bits per heavy atom. The number of carbonyl (C=O) groups excluding carboxylic acids is 1. The maximum absolute atomic E-state index is 13.1. The summed E-state index contributed by atoms with van der Waals surface area (Å²) in [6.45, 7) is 4.57. The van der Waals surface area contributed by atoms with Crippen LogP contribution in [0.5, 0.6) is 5.75 Å². The number of nitrogens with one attached hydrogen (secondary N) is 1. The average molecular weight is 375 g/mol. The summed E-state index contributed by atoms with van der Waals surface area (Å²) in [5.74, 6) is 0.678. The van der Waals surface area contributed by atoms with E-state index in [0.29, 0.717) is 12.2 Å². The minimum atomic E-state index is -0.0897. The SMILES string of the molecule is COc1cccc(Nc2ccnc(C(=O)N(Cc3ccccc3)C(C)C)c2)c1. The average Bonchev–Trinajstić information content (AvgIpc) is 2.72. The summed E-state index contributed by atoms with van der Waals surface area (Å²) in [5, 5.41) is 3.30. The zero-order chi connectivity index (χ0) is 19.9. The van der Waals surface area contributed by atoms with Gasteiger partial charge in [0, 0.05) is 36.2 Å². The quantitative estimate of drug-likeness (QED) is 0.639. The number of carbonyl (C=O) groups is 1. The molecule has 28 heavy (non-hydrogen) atoms. The lowest BCUT2D eigenvalue weighted by molar-refractivity contribution is 0.0684. The van der Waals surface area contributed by atoms with Gasteiger partial charge in [-0.25, -0.2) is 0 Å². The van der Waals surface area contributed by atoms with Crippen LogP contribution in [0, 0.1) is 0 Å². The molecule has 0 bridgehead atoms. The van der Waals surface area contributed by atoms with Crippen molar-refractivity contribution in [3.63, 3.8) is 0 Å². The van der Waals surface area contributed by atoms with Crippen LogP contribution in [-0.4, -0.2) is 28.9 Å². The molecule has 0 unspecified atom stereocenters. The standard InChI is InChI=1S/C23H25N3O2/c1-17(2)26(16-18-8-5-4-6-9-18)23(27)22-15-20(12-13-24-22)25-19-10-7-11-21(14-19)28-3/h4-15,17H,16H2,1-3H3,(H,24,25). The molecule has 3 rings (SSSR count). The number of ether oxygens (including phenoxy) is 1. The van der Waals surface area contributed by atoms with Gasteiger partial charge >= 0.3 is 0 Å². The second kappa shape index (κ2) is 9.04. The van der Waals surface area contributed by atoms with E-state index in [2.05, 4.69) is 10.3 Å². The highest BCUT2D eigenvalue weighted by Gasteiger charge is 2.20. The molecule has 3 aromatic rings. The number of aromatic nitrogens is 1. The molecule has 0 radical (unpaired) electrons. The summed E-state index contributed by atoms with van der Waals surface area (Å²) in [5.41, 5.74) is 3.19. The third kappa shape index (κ3) is 4.88.